The first-order valence-electron chi connectivity index (χ1n) is 32.4. The average Bonchev–Trinajstić information content (AvgIpc) is 1.12. The number of aliphatic hydroxyl groups excluding tert-OH is 1. The predicted molar refractivity (Wildman–Crippen MR) is 339 cm³/mol. The van der Waals surface area contributed by atoms with Gasteiger partial charge in [-0.05, 0) is 283 Å². The van der Waals surface area contributed by atoms with E-state index in [1.165, 1.54) is 199 Å². The number of rotatable bonds is 5. The number of hydrogen-bond donors (Lipinski definition) is 6. The summed E-state index contributed by atoms with van der Waals surface area (Å²) in [5.41, 5.74) is 19.5. The Bertz CT molecular complexity index is 2060. The van der Waals surface area contributed by atoms with Gasteiger partial charge in [0.15, 0.2) is 0 Å². The number of alkyl halides is 1. The van der Waals surface area contributed by atoms with Crippen molar-refractivity contribution < 1.29 is 64.5 Å². The van der Waals surface area contributed by atoms with Gasteiger partial charge in [0.1, 0.15) is 0 Å². The molecule has 0 aromatic rings. The van der Waals surface area contributed by atoms with Crippen molar-refractivity contribution in [3.05, 3.63) is 0 Å². The smallest absolute Gasteiger partial charge is 1.00 e. The van der Waals surface area contributed by atoms with Crippen LogP contribution in [0.1, 0.15) is 284 Å². The van der Waals surface area contributed by atoms with Crippen molar-refractivity contribution in [2.24, 2.45) is 99.6 Å². The molecule has 0 aromatic heterocycles. The van der Waals surface area contributed by atoms with Gasteiger partial charge < -0.3 is 28.6 Å². The Balaban J connectivity index is 0.000000161. The molecule has 0 aliphatic heterocycles. The third kappa shape index (κ3) is 16.1. The third-order valence-corrected chi connectivity index (χ3v) is 25.8. The van der Waals surface area contributed by atoms with Gasteiger partial charge in [0, 0.05) is 53.7 Å². The minimum atomic E-state index is -1.92. The van der Waals surface area contributed by atoms with Crippen LogP contribution in [0.15, 0.2) is 4.40 Å². The van der Waals surface area contributed by atoms with Gasteiger partial charge in [-0.25, -0.2) is 9.47 Å². The molecule has 11 atom stereocenters. The standard InChI is InChI=1S/2C14H23NO.C12H19Br.2C12H21N.C2H5NO4S.CH4O.ClH.Na.H/c2*1-10(16)15-14-6-11-4-12(2,8-14)7-13(3,5-11)9-14;3*1-10-3-9-4-11(2,6-10)8-12(13,5-9)7-10;1-2-3-8(5)7-6-4;1-2;;;/h2*11H,4-9H2,1-3H3,(H,15,16);9H,3-8H2,1-2H3;2*9H,3-8,13H2,1-2H3;2,4H,1H3;2H,1H3;1H;;/q;;;;;;;;+1;-1. The minimum absolute atomic E-state index is 0. The summed E-state index contributed by atoms with van der Waals surface area (Å²) < 4.78 is 17.4. The Morgan fingerprint density at radius 3 is 0.916 bits per heavy atom. The first-order valence-corrected chi connectivity index (χ1v) is 34.2. The molecule has 0 spiro atoms. The molecule has 20 aliphatic rings. The molecule has 0 heterocycles. The van der Waals surface area contributed by atoms with Gasteiger partial charge in [-0.1, -0.05) is 94.5 Å². The van der Waals surface area contributed by atoms with Crippen LogP contribution in [0.3, 0.4) is 0 Å². The fourth-order valence-corrected chi connectivity index (χ4v) is 30.5. The second-order valence-electron chi connectivity index (χ2n) is 36.7. The molecule has 20 saturated carbocycles. The van der Waals surface area contributed by atoms with E-state index in [1.54, 1.807) is 20.8 Å². The van der Waals surface area contributed by atoms with E-state index in [0.29, 0.717) is 58.5 Å². The summed E-state index contributed by atoms with van der Waals surface area (Å²) in [5.74, 6) is 4.98. The number of nitrogens with zero attached hydrogens (tertiary/aromatic N) is 1. The Morgan fingerprint density at radius 1 is 0.482 bits per heavy atom. The van der Waals surface area contributed by atoms with Gasteiger partial charge in [-0.2, -0.15) is 4.40 Å². The first-order chi connectivity index (χ1) is 37.2. The maximum Gasteiger partial charge on any atom is 1.00 e. The van der Waals surface area contributed by atoms with Crippen molar-refractivity contribution in [3.63, 3.8) is 0 Å². The summed E-state index contributed by atoms with van der Waals surface area (Å²) in [4.78, 5) is 22.9. The first kappa shape index (κ1) is 70.7. The molecule has 16 heteroatoms. The van der Waals surface area contributed by atoms with Crippen LogP contribution in [-0.4, -0.2) is 66.2 Å². The normalized spacial score (nSPS) is 52.6. The van der Waals surface area contributed by atoms with Crippen LogP contribution < -0.4 is 51.7 Å². The molecule has 20 fully saturated rings. The molecule has 83 heavy (non-hydrogen) atoms. The molecule has 20 aliphatic carbocycles. The van der Waals surface area contributed by atoms with E-state index in [9.17, 15) is 13.8 Å². The number of hydrogen-bond acceptors (Lipinski definition) is 9. The van der Waals surface area contributed by atoms with Gasteiger partial charge in [0.25, 0.3) is 0 Å². The van der Waals surface area contributed by atoms with Crippen molar-refractivity contribution in [2.75, 3.05) is 7.11 Å². The number of halogens is 2. The van der Waals surface area contributed by atoms with E-state index in [2.05, 4.69) is 110 Å². The van der Waals surface area contributed by atoms with E-state index in [4.69, 9.17) is 21.8 Å². The second kappa shape index (κ2) is 24.1. The van der Waals surface area contributed by atoms with E-state index in [1.807, 2.05) is 0 Å². The summed E-state index contributed by atoms with van der Waals surface area (Å²) in [6, 6.07) is 0. The van der Waals surface area contributed by atoms with E-state index < -0.39 is 11.3 Å². The van der Waals surface area contributed by atoms with Crippen LogP contribution in [0.4, 0.5) is 0 Å². The zero-order chi connectivity index (χ0) is 59.6. The van der Waals surface area contributed by atoms with Crippen LogP contribution in [0.5, 0.6) is 0 Å². The third-order valence-electron chi connectivity index (χ3n) is 24.3. The number of carbonyl (C=O) groups is 2. The SMILES string of the molecule is CC(=O)NC12CC3CC(C)(CC(C)(C3)C1)C2.CC(=O)NC12CC3CC(C)(CC(C)(C3)C1)C2.CC12CC3CC(C)(C1)CC(Br)(C3)C2.CC12CC3CC(C)(C1)CC(N)(C3)C2.CC12CC3CC(C)(C1)CC(N)(C3)C2.CC=NS(=O)OOO.CO.Cl.[H-].[Na+]. The predicted octanol–water partition coefficient (Wildman–Crippen LogP) is 12.5. The molecular weight excluding hydrogens is 1160 g/mol. The Kier molecular flexibility index (Phi) is 20.5. The zero-order valence-corrected chi connectivity index (χ0v) is 60.1. The van der Waals surface area contributed by atoms with Crippen LogP contribution >= 0.6 is 28.3 Å². The molecule has 0 radical (unpaired) electrons. The van der Waals surface area contributed by atoms with Crippen LogP contribution in [0, 0.1) is 83.7 Å². The number of nitrogens with one attached hydrogen (secondary N) is 2. The van der Waals surface area contributed by atoms with Gasteiger partial charge in [-0.3, -0.25) is 9.59 Å². The molecule has 20 bridgehead atoms. The Morgan fingerprint density at radius 2 is 0.723 bits per heavy atom. The summed E-state index contributed by atoms with van der Waals surface area (Å²) in [5, 5.41) is 24.1. The summed E-state index contributed by atoms with van der Waals surface area (Å²) in [6.07, 6.45) is 42.3. The number of carbonyl (C=O) groups excluding carboxylic acids is 2. The van der Waals surface area contributed by atoms with Crippen LogP contribution in [0.25, 0.3) is 0 Å². The fraction of sp³-hybridized carbons (Fsp3) is 0.955. The van der Waals surface area contributed by atoms with E-state index in [-0.39, 0.29) is 77.4 Å². The van der Waals surface area contributed by atoms with Crippen LogP contribution in [0.2, 0.25) is 0 Å². The van der Waals surface area contributed by atoms with Crippen molar-refractivity contribution in [1.82, 2.24) is 10.6 Å². The number of aliphatic hydroxyl groups is 1. The Labute approximate surface area is 544 Å². The summed E-state index contributed by atoms with van der Waals surface area (Å²) in [7, 11) is 1.00. The minimum Gasteiger partial charge on any atom is -1.00 e. The fourth-order valence-electron chi connectivity index (χ4n) is 28.4. The van der Waals surface area contributed by atoms with Gasteiger partial charge in [-0.15, -0.1) is 12.4 Å². The van der Waals surface area contributed by atoms with Gasteiger partial charge in [0.05, 0.1) is 0 Å². The van der Waals surface area contributed by atoms with E-state index >= 15 is 0 Å². The summed E-state index contributed by atoms with van der Waals surface area (Å²) >= 11 is 2.10. The van der Waals surface area contributed by atoms with Crippen molar-refractivity contribution >= 4 is 57.6 Å². The quantitative estimate of drug-likeness (QED) is 0.0510. The summed E-state index contributed by atoms with van der Waals surface area (Å²) in [6.45, 7) is 29.6. The van der Waals surface area contributed by atoms with Crippen molar-refractivity contribution in [3.8, 4) is 0 Å². The zero-order valence-electron chi connectivity index (χ0n) is 55.9. The maximum absolute atomic E-state index is 11.4. The van der Waals surface area contributed by atoms with Gasteiger partial charge in [0.2, 0.25) is 11.8 Å². The second-order valence-corrected chi connectivity index (χ2v) is 39.1. The molecule has 0 aromatic carbocycles. The molecule has 20 rings (SSSR count). The number of nitrogens with two attached hydrogens (primary N) is 2. The van der Waals surface area contributed by atoms with E-state index in [0.717, 1.165) is 36.7 Å². The maximum atomic E-state index is 11.4. The molecule has 11 unspecified atom stereocenters. The molecule has 0 saturated heterocycles. The topological polar surface area (TPSA) is 199 Å². The molecule has 8 N–H and O–H groups in total. The Hall–Kier alpha value is 0.290. The molecular formula is C67H118BrClN5NaO7S. The van der Waals surface area contributed by atoms with Crippen molar-refractivity contribution in [2.45, 2.75) is 309 Å². The molecule has 12 nitrogen and oxygen atoms in total. The number of amides is 2. The molecule has 2 amide bonds. The van der Waals surface area contributed by atoms with Gasteiger partial charge >= 0.3 is 40.8 Å². The average molecular weight is 1280 g/mol. The van der Waals surface area contributed by atoms with Crippen LogP contribution in [-0.2, 0) is 30.2 Å². The van der Waals surface area contributed by atoms with Crippen molar-refractivity contribution in [1.29, 1.82) is 0 Å². The molecule has 474 valence electrons. The monoisotopic (exact) mass is 1270 g/mol. The largest absolute Gasteiger partial charge is 1.00 e.